The van der Waals surface area contributed by atoms with Crippen LogP contribution in [0, 0.1) is 16.7 Å². The summed E-state index contributed by atoms with van der Waals surface area (Å²) in [5.41, 5.74) is 5.93. The van der Waals surface area contributed by atoms with Gasteiger partial charge < -0.3 is 10.5 Å². The number of nitrogens with two attached hydrogens (primary N) is 1. The van der Waals surface area contributed by atoms with Crippen LogP contribution in [0.2, 0.25) is 0 Å². The van der Waals surface area contributed by atoms with Crippen LogP contribution in [0.1, 0.15) is 26.0 Å². The Morgan fingerprint density at radius 3 is 2.75 bits per heavy atom. The fourth-order valence-electron chi connectivity index (χ4n) is 1.10. The maximum absolute atomic E-state index is 8.83. The van der Waals surface area contributed by atoms with Crippen molar-refractivity contribution >= 4 is 0 Å². The van der Waals surface area contributed by atoms with Crippen molar-refractivity contribution in [3.05, 3.63) is 24.0 Å². The van der Waals surface area contributed by atoms with E-state index >= 15 is 0 Å². The Labute approximate surface area is 96.1 Å². The Kier molecular flexibility index (Phi) is 4.27. The van der Waals surface area contributed by atoms with Gasteiger partial charge in [-0.1, -0.05) is 0 Å². The largest absolute Gasteiger partial charge is 0.492 e. The van der Waals surface area contributed by atoms with E-state index < -0.39 is 0 Å². The van der Waals surface area contributed by atoms with Crippen molar-refractivity contribution in [2.75, 3.05) is 6.61 Å². The van der Waals surface area contributed by atoms with Crippen LogP contribution in [0.25, 0.3) is 0 Å². The van der Waals surface area contributed by atoms with E-state index in [2.05, 4.69) is 11.1 Å². The number of hydrogen-bond acceptors (Lipinski definition) is 4. The summed E-state index contributed by atoms with van der Waals surface area (Å²) in [5, 5.41) is 8.83. The van der Waals surface area contributed by atoms with Gasteiger partial charge in [0.1, 0.15) is 5.75 Å². The summed E-state index contributed by atoms with van der Waals surface area (Å²) < 4.78 is 5.49. The molecule has 1 aromatic heterocycles. The third-order valence-corrected chi connectivity index (χ3v) is 2.31. The minimum atomic E-state index is -0.343. The second-order valence-electron chi connectivity index (χ2n) is 4.28. The fraction of sp³-hybridized carbons (Fsp3) is 0.500. The minimum Gasteiger partial charge on any atom is -0.492 e. The average Bonchev–Trinajstić information content (AvgIpc) is 2.30. The lowest BCUT2D eigenvalue weighted by atomic mass is 9.92. The molecule has 0 fully saturated rings. The van der Waals surface area contributed by atoms with Crippen molar-refractivity contribution in [3.63, 3.8) is 0 Å². The van der Waals surface area contributed by atoms with Crippen molar-refractivity contribution in [3.8, 4) is 11.8 Å². The molecule has 4 heteroatoms. The first kappa shape index (κ1) is 12.5. The molecule has 4 nitrogen and oxygen atoms in total. The predicted molar refractivity (Wildman–Crippen MR) is 61.6 cm³/mol. The van der Waals surface area contributed by atoms with Crippen LogP contribution in [0.4, 0.5) is 0 Å². The summed E-state index contributed by atoms with van der Waals surface area (Å²) in [6.07, 6.45) is 2.35. The molecule has 0 saturated heterocycles. The van der Waals surface area contributed by atoms with Gasteiger partial charge in [0.15, 0.2) is 0 Å². The molecule has 1 rings (SSSR count). The van der Waals surface area contributed by atoms with Crippen LogP contribution in [-0.4, -0.2) is 11.6 Å². The van der Waals surface area contributed by atoms with Gasteiger partial charge in [-0.3, -0.25) is 4.98 Å². The van der Waals surface area contributed by atoms with E-state index in [4.69, 9.17) is 15.7 Å². The van der Waals surface area contributed by atoms with Gasteiger partial charge in [0.25, 0.3) is 0 Å². The summed E-state index contributed by atoms with van der Waals surface area (Å²) in [7, 11) is 0. The Morgan fingerprint density at radius 2 is 2.25 bits per heavy atom. The second kappa shape index (κ2) is 5.47. The van der Waals surface area contributed by atoms with E-state index in [1.165, 1.54) is 0 Å². The molecule has 0 spiro atoms. The van der Waals surface area contributed by atoms with Crippen molar-refractivity contribution in [2.45, 2.75) is 26.8 Å². The van der Waals surface area contributed by atoms with Crippen LogP contribution < -0.4 is 10.5 Å². The van der Waals surface area contributed by atoms with Crippen LogP contribution in [-0.2, 0) is 6.54 Å². The summed E-state index contributed by atoms with van der Waals surface area (Å²) in [4.78, 5) is 4.12. The van der Waals surface area contributed by atoms with E-state index in [-0.39, 0.29) is 5.41 Å². The van der Waals surface area contributed by atoms with Crippen LogP contribution in [0.5, 0.6) is 5.75 Å². The molecule has 1 aromatic rings. The molecule has 0 aliphatic heterocycles. The van der Waals surface area contributed by atoms with Crippen LogP contribution in [0.3, 0.4) is 0 Å². The van der Waals surface area contributed by atoms with Gasteiger partial charge >= 0.3 is 0 Å². The first-order chi connectivity index (χ1) is 7.57. The number of hydrogen-bond donors (Lipinski definition) is 1. The maximum Gasteiger partial charge on any atom is 0.137 e. The third-order valence-electron chi connectivity index (χ3n) is 2.31. The zero-order chi connectivity index (χ0) is 12.0. The zero-order valence-corrected chi connectivity index (χ0v) is 9.73. The summed E-state index contributed by atoms with van der Waals surface area (Å²) in [6.45, 7) is 4.74. The highest BCUT2D eigenvalue weighted by molar-refractivity contribution is 5.19. The molecule has 86 valence electrons. The lowest BCUT2D eigenvalue weighted by Gasteiger charge is -2.15. The highest BCUT2D eigenvalue weighted by Gasteiger charge is 2.16. The minimum absolute atomic E-state index is 0.343. The van der Waals surface area contributed by atoms with Gasteiger partial charge in [-0.05, 0) is 32.4 Å². The SMILES string of the molecule is CC(C)(C#N)CCOc1ccc(CN)nc1. The summed E-state index contributed by atoms with van der Waals surface area (Å²) in [5.74, 6) is 0.714. The summed E-state index contributed by atoms with van der Waals surface area (Å²) >= 11 is 0. The predicted octanol–water partition coefficient (Wildman–Crippen LogP) is 1.86. The van der Waals surface area contributed by atoms with Gasteiger partial charge in [-0.25, -0.2) is 0 Å². The molecule has 0 aliphatic rings. The normalized spacial score (nSPS) is 10.9. The number of rotatable bonds is 5. The van der Waals surface area contributed by atoms with E-state index in [0.29, 0.717) is 25.3 Å². The molecule has 0 atom stereocenters. The van der Waals surface area contributed by atoms with Gasteiger partial charge in [-0.15, -0.1) is 0 Å². The Bertz CT molecular complexity index is 365. The monoisotopic (exact) mass is 219 g/mol. The standard InChI is InChI=1S/C12H17N3O/c1-12(2,9-14)5-6-16-11-4-3-10(7-13)15-8-11/h3-4,8H,5-7,13H2,1-2H3. The Hall–Kier alpha value is -1.60. The van der Waals surface area contributed by atoms with Gasteiger partial charge in [0.05, 0.1) is 30.0 Å². The molecule has 0 amide bonds. The van der Waals surface area contributed by atoms with Gasteiger partial charge in [-0.2, -0.15) is 5.26 Å². The lowest BCUT2D eigenvalue weighted by molar-refractivity contribution is 0.263. The Morgan fingerprint density at radius 1 is 1.50 bits per heavy atom. The fourth-order valence-corrected chi connectivity index (χ4v) is 1.10. The lowest BCUT2D eigenvalue weighted by Crippen LogP contribution is -2.13. The van der Waals surface area contributed by atoms with E-state index in [1.54, 1.807) is 6.20 Å². The molecule has 16 heavy (non-hydrogen) atoms. The van der Waals surface area contributed by atoms with Crippen molar-refractivity contribution in [2.24, 2.45) is 11.1 Å². The molecule has 0 bridgehead atoms. The zero-order valence-electron chi connectivity index (χ0n) is 9.73. The molecule has 0 unspecified atom stereocenters. The Balaban J connectivity index is 2.41. The highest BCUT2D eigenvalue weighted by Crippen LogP contribution is 2.19. The van der Waals surface area contributed by atoms with E-state index in [0.717, 1.165) is 5.69 Å². The third kappa shape index (κ3) is 3.87. The highest BCUT2D eigenvalue weighted by atomic mass is 16.5. The quantitative estimate of drug-likeness (QED) is 0.820. The number of ether oxygens (including phenoxy) is 1. The number of aromatic nitrogens is 1. The maximum atomic E-state index is 8.83. The summed E-state index contributed by atoms with van der Waals surface area (Å²) in [6, 6.07) is 5.91. The number of pyridine rings is 1. The average molecular weight is 219 g/mol. The smallest absolute Gasteiger partial charge is 0.137 e. The van der Waals surface area contributed by atoms with Crippen LogP contribution >= 0.6 is 0 Å². The number of nitriles is 1. The molecule has 0 radical (unpaired) electrons. The first-order valence-electron chi connectivity index (χ1n) is 5.26. The molecule has 0 saturated carbocycles. The van der Waals surface area contributed by atoms with Crippen LogP contribution in [0.15, 0.2) is 18.3 Å². The second-order valence-corrected chi connectivity index (χ2v) is 4.28. The molecule has 0 aliphatic carbocycles. The topological polar surface area (TPSA) is 71.9 Å². The van der Waals surface area contributed by atoms with E-state index in [9.17, 15) is 0 Å². The van der Waals surface area contributed by atoms with Crippen molar-refractivity contribution in [1.29, 1.82) is 5.26 Å². The van der Waals surface area contributed by atoms with Crippen molar-refractivity contribution < 1.29 is 4.74 Å². The molecular weight excluding hydrogens is 202 g/mol. The molecule has 0 aromatic carbocycles. The first-order valence-corrected chi connectivity index (χ1v) is 5.26. The number of nitrogens with zero attached hydrogens (tertiary/aromatic N) is 2. The van der Waals surface area contributed by atoms with Gasteiger partial charge in [0, 0.05) is 6.54 Å². The van der Waals surface area contributed by atoms with Crippen molar-refractivity contribution in [1.82, 2.24) is 4.98 Å². The molecule has 1 heterocycles. The molecular formula is C12H17N3O. The molecule has 2 N–H and O–H groups in total. The van der Waals surface area contributed by atoms with Gasteiger partial charge in [0.2, 0.25) is 0 Å². The van der Waals surface area contributed by atoms with E-state index in [1.807, 2.05) is 26.0 Å².